The quantitative estimate of drug-likeness (QED) is 0.741. The molecule has 8 nitrogen and oxygen atoms in total. The topological polar surface area (TPSA) is 123 Å². The second-order valence-electron chi connectivity index (χ2n) is 4.34. The Balaban J connectivity index is 3.12. The van der Waals surface area contributed by atoms with Crippen molar-refractivity contribution in [2.24, 2.45) is 12.2 Å². The molecule has 1 rings (SSSR count). The number of carbonyl (C=O) groups excluding carboxylic acids is 1. The normalized spacial score (nSPS) is 11.3. The highest BCUT2D eigenvalue weighted by Crippen LogP contribution is 2.14. The molecule has 1 heterocycles. The molecular weight excluding hydrogens is 286 g/mol. The van der Waals surface area contributed by atoms with E-state index in [-0.39, 0.29) is 17.1 Å². The van der Waals surface area contributed by atoms with Crippen LogP contribution in [0.1, 0.15) is 23.8 Å². The van der Waals surface area contributed by atoms with Crippen molar-refractivity contribution in [1.82, 2.24) is 9.47 Å². The van der Waals surface area contributed by atoms with Gasteiger partial charge in [-0.1, -0.05) is 6.92 Å². The van der Waals surface area contributed by atoms with Gasteiger partial charge in [-0.2, -0.15) is 0 Å². The molecule has 112 valence electrons. The van der Waals surface area contributed by atoms with Gasteiger partial charge < -0.3 is 14.6 Å². The lowest BCUT2D eigenvalue weighted by molar-refractivity contribution is -0.137. The van der Waals surface area contributed by atoms with Crippen LogP contribution in [0.2, 0.25) is 0 Å². The number of sulfonamides is 1. The Bertz CT molecular complexity index is 620. The number of aliphatic carboxylic acids is 1. The third-order valence-electron chi connectivity index (χ3n) is 2.63. The first-order chi connectivity index (χ1) is 9.16. The highest BCUT2D eigenvalue weighted by Gasteiger charge is 2.23. The molecule has 1 amide bonds. The smallest absolute Gasteiger partial charge is 0.323 e. The summed E-state index contributed by atoms with van der Waals surface area (Å²) in [6.07, 6.45) is 1.80. The van der Waals surface area contributed by atoms with Gasteiger partial charge in [-0.05, 0) is 12.5 Å². The molecule has 0 aliphatic heterocycles. The monoisotopic (exact) mass is 303 g/mol. The van der Waals surface area contributed by atoms with Crippen molar-refractivity contribution < 1.29 is 23.1 Å². The Labute approximate surface area is 116 Å². The first-order valence-corrected chi connectivity index (χ1v) is 7.41. The van der Waals surface area contributed by atoms with E-state index in [1.54, 1.807) is 0 Å². The zero-order valence-electron chi connectivity index (χ0n) is 11.2. The number of rotatable bonds is 6. The molecule has 0 radical (unpaired) electrons. The van der Waals surface area contributed by atoms with Gasteiger partial charge in [0.2, 0.25) is 10.0 Å². The van der Waals surface area contributed by atoms with E-state index in [2.05, 4.69) is 0 Å². The van der Waals surface area contributed by atoms with E-state index in [4.69, 9.17) is 10.2 Å². The van der Waals surface area contributed by atoms with Gasteiger partial charge in [0, 0.05) is 19.8 Å². The van der Waals surface area contributed by atoms with Crippen LogP contribution in [0.5, 0.6) is 0 Å². The number of hydrogen-bond donors (Lipinski definition) is 2. The van der Waals surface area contributed by atoms with E-state index in [1.165, 1.54) is 17.8 Å². The SMILES string of the molecule is CCCN(CC(=O)O)C(=O)c1cc(S(N)(=O)=O)cn1C. The van der Waals surface area contributed by atoms with E-state index >= 15 is 0 Å². The summed E-state index contributed by atoms with van der Waals surface area (Å²) in [4.78, 5) is 23.9. The molecule has 20 heavy (non-hydrogen) atoms. The fourth-order valence-electron chi connectivity index (χ4n) is 1.75. The molecule has 1 aromatic rings. The summed E-state index contributed by atoms with van der Waals surface area (Å²) in [5, 5.41) is 13.8. The molecule has 9 heteroatoms. The van der Waals surface area contributed by atoms with Crippen molar-refractivity contribution in [3.63, 3.8) is 0 Å². The molecule has 3 N–H and O–H groups in total. The zero-order valence-corrected chi connectivity index (χ0v) is 12.1. The molecule has 0 unspecified atom stereocenters. The average molecular weight is 303 g/mol. The van der Waals surface area contributed by atoms with Crippen LogP contribution in [-0.2, 0) is 21.9 Å². The van der Waals surface area contributed by atoms with Crippen molar-refractivity contribution in [2.75, 3.05) is 13.1 Å². The van der Waals surface area contributed by atoms with Crippen LogP contribution in [0.15, 0.2) is 17.2 Å². The molecule has 0 aromatic carbocycles. The van der Waals surface area contributed by atoms with Gasteiger partial charge in [0.05, 0.1) is 0 Å². The van der Waals surface area contributed by atoms with Crippen LogP contribution in [-0.4, -0.2) is 48.0 Å². The van der Waals surface area contributed by atoms with Crippen molar-refractivity contribution >= 4 is 21.9 Å². The van der Waals surface area contributed by atoms with Gasteiger partial charge in [-0.15, -0.1) is 0 Å². The number of aromatic nitrogens is 1. The highest BCUT2D eigenvalue weighted by molar-refractivity contribution is 7.89. The maximum absolute atomic E-state index is 12.2. The fourth-order valence-corrected chi connectivity index (χ4v) is 2.33. The molecule has 0 aliphatic rings. The molecular formula is C11H17N3O5S. The standard InChI is InChI=1S/C11H17N3O5S/c1-3-4-14(7-10(15)16)11(17)9-5-8(6-13(9)2)20(12,18)19/h5-6H,3-4,7H2,1-2H3,(H,15,16)(H2,12,18,19). The summed E-state index contributed by atoms with van der Waals surface area (Å²) in [5.74, 6) is -1.68. The summed E-state index contributed by atoms with van der Waals surface area (Å²) in [6.45, 7) is 1.63. The number of aryl methyl sites for hydroxylation is 1. The summed E-state index contributed by atoms with van der Waals surface area (Å²) in [7, 11) is -2.41. The molecule has 0 atom stereocenters. The molecule has 0 bridgehead atoms. The molecule has 1 aromatic heterocycles. The summed E-state index contributed by atoms with van der Waals surface area (Å²) >= 11 is 0. The van der Waals surface area contributed by atoms with Crippen LogP contribution in [0.4, 0.5) is 0 Å². The van der Waals surface area contributed by atoms with E-state index in [9.17, 15) is 18.0 Å². The van der Waals surface area contributed by atoms with Gasteiger partial charge in [0.15, 0.2) is 0 Å². The average Bonchev–Trinajstić information content (AvgIpc) is 2.69. The maximum Gasteiger partial charge on any atom is 0.323 e. The van der Waals surface area contributed by atoms with E-state index < -0.39 is 28.4 Å². The lowest BCUT2D eigenvalue weighted by atomic mass is 10.3. The third kappa shape index (κ3) is 3.81. The van der Waals surface area contributed by atoms with Gasteiger partial charge in [0.25, 0.3) is 5.91 Å². The first-order valence-electron chi connectivity index (χ1n) is 5.87. The van der Waals surface area contributed by atoms with Gasteiger partial charge in [-0.3, -0.25) is 9.59 Å². The lowest BCUT2D eigenvalue weighted by Gasteiger charge is -2.20. The number of carboxylic acid groups (broad SMARTS) is 1. The van der Waals surface area contributed by atoms with E-state index in [0.717, 1.165) is 11.0 Å². The number of primary sulfonamides is 1. The maximum atomic E-state index is 12.2. The Hall–Kier alpha value is -1.87. The minimum atomic E-state index is -3.91. The predicted molar refractivity (Wildman–Crippen MR) is 70.6 cm³/mol. The van der Waals surface area contributed by atoms with Gasteiger partial charge >= 0.3 is 5.97 Å². The minimum absolute atomic E-state index is 0.0729. The molecule has 0 fully saturated rings. The number of hydrogen-bond acceptors (Lipinski definition) is 4. The third-order valence-corrected chi connectivity index (χ3v) is 3.51. The Morgan fingerprint density at radius 3 is 2.45 bits per heavy atom. The van der Waals surface area contributed by atoms with Gasteiger partial charge in [-0.25, -0.2) is 13.6 Å². The van der Waals surface area contributed by atoms with Crippen molar-refractivity contribution in [2.45, 2.75) is 18.2 Å². The Morgan fingerprint density at radius 2 is 2.05 bits per heavy atom. The highest BCUT2D eigenvalue weighted by atomic mass is 32.2. The van der Waals surface area contributed by atoms with E-state index in [1.807, 2.05) is 6.92 Å². The molecule has 0 spiro atoms. The summed E-state index contributed by atoms with van der Waals surface area (Å²) < 4.78 is 23.8. The van der Waals surface area contributed by atoms with Crippen molar-refractivity contribution in [3.8, 4) is 0 Å². The van der Waals surface area contributed by atoms with Crippen molar-refractivity contribution in [1.29, 1.82) is 0 Å². The Morgan fingerprint density at radius 1 is 1.45 bits per heavy atom. The lowest BCUT2D eigenvalue weighted by Crippen LogP contribution is -2.37. The van der Waals surface area contributed by atoms with Crippen LogP contribution in [0.25, 0.3) is 0 Å². The number of nitrogens with zero attached hydrogens (tertiary/aromatic N) is 2. The summed E-state index contributed by atoms with van der Waals surface area (Å²) in [6, 6.07) is 1.14. The molecule has 0 aliphatic carbocycles. The second kappa shape index (κ2) is 6.06. The number of nitrogens with two attached hydrogens (primary N) is 1. The first kappa shape index (κ1) is 16.2. The van der Waals surface area contributed by atoms with Crippen LogP contribution in [0, 0.1) is 0 Å². The Kier molecular flexibility index (Phi) is 4.90. The van der Waals surface area contributed by atoms with Gasteiger partial charge in [0.1, 0.15) is 17.1 Å². The fraction of sp³-hybridized carbons (Fsp3) is 0.455. The minimum Gasteiger partial charge on any atom is -0.480 e. The molecule has 0 saturated carbocycles. The summed E-state index contributed by atoms with van der Waals surface area (Å²) in [5.41, 5.74) is 0.0729. The number of carbonyl (C=O) groups is 2. The van der Waals surface area contributed by atoms with E-state index in [0.29, 0.717) is 6.42 Å². The number of carboxylic acids is 1. The van der Waals surface area contributed by atoms with Crippen LogP contribution in [0.3, 0.4) is 0 Å². The predicted octanol–water partition coefficient (Wildman–Crippen LogP) is -0.391. The second-order valence-corrected chi connectivity index (χ2v) is 5.90. The van der Waals surface area contributed by atoms with Crippen molar-refractivity contribution in [3.05, 3.63) is 18.0 Å². The molecule has 0 saturated heterocycles. The van der Waals surface area contributed by atoms with Crippen LogP contribution < -0.4 is 5.14 Å². The number of amides is 1. The zero-order chi connectivity index (χ0) is 15.5. The van der Waals surface area contributed by atoms with Crippen LogP contribution >= 0.6 is 0 Å². The largest absolute Gasteiger partial charge is 0.480 e.